The van der Waals surface area contributed by atoms with E-state index in [9.17, 15) is 19.8 Å². The Morgan fingerprint density at radius 2 is 1.07 bits per heavy atom. The number of ether oxygens (including phenoxy) is 6. The fraction of sp³-hybridized carbons (Fsp3) is 0.222. The molecule has 0 spiro atoms. The fourth-order valence-electron chi connectivity index (χ4n) is 3.21. The Morgan fingerprint density at radius 3 is 1.37 bits per heavy atom. The average Bonchev–Trinajstić information content (AvgIpc) is 3.34. The third kappa shape index (κ3) is 3.79. The molecule has 148 valence electrons. The minimum atomic E-state index is -1.31. The maximum Gasteiger partial charge on any atom is 0.336 e. The van der Waals surface area contributed by atoms with E-state index < -0.39 is 11.9 Å². The van der Waals surface area contributed by atoms with E-state index in [4.69, 9.17) is 28.4 Å². The van der Waals surface area contributed by atoms with Gasteiger partial charge in [-0.25, -0.2) is 9.59 Å². The van der Waals surface area contributed by atoms with Gasteiger partial charge in [-0.3, -0.25) is 0 Å². The zero-order valence-electron chi connectivity index (χ0n) is 16.7. The molecule has 10 nitrogen and oxygen atoms in total. The Balaban J connectivity index is 0.00000160. The van der Waals surface area contributed by atoms with E-state index in [1.165, 1.54) is 26.4 Å². The predicted molar refractivity (Wildman–Crippen MR) is 103 cm³/mol. The summed E-state index contributed by atoms with van der Waals surface area (Å²) in [5, 5.41) is 19.5. The van der Waals surface area contributed by atoms with Gasteiger partial charge in [-0.15, -0.1) is 0 Å². The first-order chi connectivity index (χ1) is 13.5. The van der Waals surface area contributed by atoms with Crippen molar-refractivity contribution in [3.05, 3.63) is 23.3 Å². The number of methoxy groups -OCH3 is 2. The van der Waals surface area contributed by atoms with Crippen molar-refractivity contribution >= 4 is 71.1 Å². The molecule has 2 aliphatic heterocycles. The van der Waals surface area contributed by atoms with E-state index in [1.54, 1.807) is 0 Å². The molecular formula is C18H14Na2O10. The van der Waals surface area contributed by atoms with Crippen LogP contribution in [0.25, 0.3) is 11.1 Å². The molecule has 2 aromatic rings. The van der Waals surface area contributed by atoms with Crippen LogP contribution in [-0.4, -0.2) is 109 Å². The molecule has 0 bridgehead atoms. The molecule has 2 aromatic carbocycles. The van der Waals surface area contributed by atoms with Crippen LogP contribution in [0.4, 0.5) is 0 Å². The van der Waals surface area contributed by atoms with Gasteiger partial charge in [0.25, 0.3) is 0 Å². The minimum Gasteiger partial charge on any atom is -0.493 e. The summed E-state index contributed by atoms with van der Waals surface area (Å²) in [6.45, 7) is -0.361. The van der Waals surface area contributed by atoms with Gasteiger partial charge in [-0.1, -0.05) is 0 Å². The Morgan fingerprint density at radius 1 is 0.733 bits per heavy atom. The van der Waals surface area contributed by atoms with Crippen molar-refractivity contribution in [3.63, 3.8) is 0 Å². The second-order valence-corrected chi connectivity index (χ2v) is 5.74. The Hall–Kier alpha value is -1.82. The zero-order chi connectivity index (χ0) is 20.0. The summed E-state index contributed by atoms with van der Waals surface area (Å²) in [7, 11) is 2.71. The normalized spacial score (nSPS) is 12.5. The largest absolute Gasteiger partial charge is 0.493 e. The minimum absolute atomic E-state index is 0. The van der Waals surface area contributed by atoms with Crippen LogP contribution in [0.15, 0.2) is 12.1 Å². The SMILES string of the molecule is COc1cc(C(=O)O)c(-c2c(C(=O)O)cc(OC)c3c2OCO3)c2c1OCO2.[Na].[Na]. The van der Waals surface area contributed by atoms with Gasteiger partial charge in [0.2, 0.25) is 25.1 Å². The molecule has 2 radical (unpaired) electrons. The summed E-state index contributed by atoms with van der Waals surface area (Å²) in [5.41, 5.74) is -0.511. The second-order valence-electron chi connectivity index (χ2n) is 5.74. The number of aromatic carboxylic acids is 2. The number of hydrogen-bond acceptors (Lipinski definition) is 8. The molecule has 0 saturated heterocycles. The predicted octanol–water partition coefficient (Wildman–Crippen LogP) is 1.46. The number of hydrogen-bond donors (Lipinski definition) is 2. The average molecular weight is 436 g/mol. The maximum atomic E-state index is 12.0. The monoisotopic (exact) mass is 436 g/mol. The Kier molecular flexibility index (Phi) is 7.78. The second kappa shape index (κ2) is 9.54. The van der Waals surface area contributed by atoms with Gasteiger partial charge in [0.15, 0.2) is 23.0 Å². The quantitative estimate of drug-likeness (QED) is 0.665. The van der Waals surface area contributed by atoms with E-state index in [0.29, 0.717) is 0 Å². The molecule has 12 heteroatoms. The molecule has 0 aromatic heterocycles. The molecular weight excluding hydrogens is 422 g/mol. The van der Waals surface area contributed by atoms with Crippen LogP contribution in [0.2, 0.25) is 0 Å². The summed E-state index contributed by atoms with van der Waals surface area (Å²) in [4.78, 5) is 23.9. The third-order valence-electron chi connectivity index (χ3n) is 4.37. The summed E-state index contributed by atoms with van der Waals surface area (Å²) in [6.07, 6.45) is 0. The summed E-state index contributed by atoms with van der Waals surface area (Å²) in [6, 6.07) is 2.48. The number of rotatable bonds is 5. The van der Waals surface area contributed by atoms with E-state index in [2.05, 4.69) is 0 Å². The number of carbonyl (C=O) groups is 2. The summed E-state index contributed by atoms with van der Waals surface area (Å²) >= 11 is 0. The third-order valence-corrected chi connectivity index (χ3v) is 4.37. The first kappa shape index (κ1) is 24.4. The maximum absolute atomic E-state index is 12.0. The van der Waals surface area contributed by atoms with Crippen molar-refractivity contribution in [1.82, 2.24) is 0 Å². The van der Waals surface area contributed by atoms with Crippen LogP contribution in [0.5, 0.6) is 34.5 Å². The Bertz CT molecular complexity index is 940. The number of carboxylic acids is 2. The molecule has 0 aliphatic carbocycles. The molecule has 0 saturated carbocycles. The number of carboxylic acid groups (broad SMARTS) is 2. The Labute approximate surface area is 214 Å². The molecule has 0 amide bonds. The summed E-state index contributed by atoms with van der Waals surface area (Å²) in [5.74, 6) is -1.91. The molecule has 0 fully saturated rings. The first-order valence-corrected chi connectivity index (χ1v) is 7.96. The van der Waals surface area contributed by atoms with Gasteiger partial charge in [-0.05, 0) is 12.1 Å². The number of benzene rings is 2. The van der Waals surface area contributed by atoms with Crippen molar-refractivity contribution in [2.75, 3.05) is 27.8 Å². The summed E-state index contributed by atoms with van der Waals surface area (Å²) < 4.78 is 32.1. The van der Waals surface area contributed by atoms with Gasteiger partial charge in [0, 0.05) is 70.2 Å². The van der Waals surface area contributed by atoms with E-state index in [1.807, 2.05) is 0 Å². The van der Waals surface area contributed by atoms with E-state index in [-0.39, 0.29) is 129 Å². The molecule has 0 atom stereocenters. The van der Waals surface area contributed by atoms with Crippen molar-refractivity contribution < 1.29 is 48.2 Å². The van der Waals surface area contributed by atoms with Gasteiger partial charge in [0.05, 0.1) is 25.3 Å². The van der Waals surface area contributed by atoms with Crippen LogP contribution in [0.3, 0.4) is 0 Å². The standard InChI is InChI=1S/C18H14O10.2Na/c1-23-9-3-7(17(19)20)11(15-13(9)25-5-27-15)12-8(18(21)22)4-10(24-2)14-16(12)28-6-26-14;;/h3-4H,5-6H2,1-2H3,(H,19,20)(H,21,22);;. The van der Waals surface area contributed by atoms with Gasteiger partial charge < -0.3 is 38.6 Å². The molecule has 0 unspecified atom stereocenters. The van der Waals surface area contributed by atoms with Crippen LogP contribution in [0.1, 0.15) is 20.7 Å². The van der Waals surface area contributed by atoms with Crippen LogP contribution in [0, 0.1) is 0 Å². The van der Waals surface area contributed by atoms with Gasteiger partial charge in [0.1, 0.15) is 0 Å². The molecule has 30 heavy (non-hydrogen) atoms. The van der Waals surface area contributed by atoms with Crippen molar-refractivity contribution in [1.29, 1.82) is 0 Å². The number of fused-ring (bicyclic) bond motifs is 2. The van der Waals surface area contributed by atoms with E-state index >= 15 is 0 Å². The first-order valence-electron chi connectivity index (χ1n) is 7.96. The topological polar surface area (TPSA) is 130 Å². The zero-order valence-corrected chi connectivity index (χ0v) is 20.7. The van der Waals surface area contributed by atoms with Gasteiger partial charge in [-0.2, -0.15) is 0 Å². The van der Waals surface area contributed by atoms with Crippen molar-refractivity contribution in [2.45, 2.75) is 0 Å². The van der Waals surface area contributed by atoms with Crippen molar-refractivity contribution in [2.24, 2.45) is 0 Å². The molecule has 2 aliphatic rings. The molecule has 4 rings (SSSR count). The van der Waals surface area contributed by atoms with Crippen LogP contribution in [-0.2, 0) is 0 Å². The fourth-order valence-corrected chi connectivity index (χ4v) is 3.21. The smallest absolute Gasteiger partial charge is 0.336 e. The molecule has 2 N–H and O–H groups in total. The van der Waals surface area contributed by atoms with Gasteiger partial charge >= 0.3 is 11.9 Å². The van der Waals surface area contributed by atoms with Crippen molar-refractivity contribution in [3.8, 4) is 45.6 Å². The van der Waals surface area contributed by atoms with Crippen LogP contribution >= 0.6 is 0 Å². The van der Waals surface area contributed by atoms with Crippen LogP contribution < -0.4 is 28.4 Å². The molecule has 2 heterocycles. The van der Waals surface area contributed by atoms with E-state index in [0.717, 1.165) is 0 Å².